The Balaban J connectivity index is 1.54. The van der Waals surface area contributed by atoms with Gasteiger partial charge in [0.15, 0.2) is 11.0 Å². The van der Waals surface area contributed by atoms with E-state index in [1.807, 2.05) is 31.2 Å². The molecule has 0 radical (unpaired) electrons. The van der Waals surface area contributed by atoms with Crippen molar-refractivity contribution < 1.29 is 27.4 Å². The van der Waals surface area contributed by atoms with Gasteiger partial charge < -0.3 is 14.8 Å². The van der Waals surface area contributed by atoms with E-state index in [4.69, 9.17) is 9.47 Å². The zero-order valence-corrected chi connectivity index (χ0v) is 21.5. The van der Waals surface area contributed by atoms with Crippen LogP contribution in [0.2, 0.25) is 0 Å². The number of nitrogens with zero attached hydrogens (tertiary/aromatic N) is 3. The maximum absolute atomic E-state index is 12.9. The molecular weight excluding hydrogens is 517 g/mol. The van der Waals surface area contributed by atoms with Gasteiger partial charge in [0.1, 0.15) is 11.5 Å². The van der Waals surface area contributed by atoms with Crippen molar-refractivity contribution in [3.8, 4) is 17.2 Å². The summed E-state index contributed by atoms with van der Waals surface area (Å²) in [5.41, 5.74) is 1.23. The van der Waals surface area contributed by atoms with E-state index in [2.05, 4.69) is 15.5 Å². The van der Waals surface area contributed by atoms with Gasteiger partial charge >= 0.3 is 6.18 Å². The summed E-state index contributed by atoms with van der Waals surface area (Å²) in [5.74, 6) is 1.94. The largest absolute Gasteiger partial charge is 0.497 e. The Morgan fingerprint density at radius 2 is 1.61 bits per heavy atom. The molecule has 0 aliphatic rings. The maximum atomic E-state index is 12.9. The molecule has 0 aliphatic heterocycles. The van der Waals surface area contributed by atoms with E-state index in [9.17, 15) is 18.0 Å². The highest BCUT2D eigenvalue weighted by molar-refractivity contribution is 7.98. The Morgan fingerprint density at radius 1 is 0.947 bits per heavy atom. The summed E-state index contributed by atoms with van der Waals surface area (Å²) >= 11 is 1.33. The van der Waals surface area contributed by atoms with Crippen LogP contribution in [0.3, 0.4) is 0 Å². The minimum absolute atomic E-state index is 0.103. The van der Waals surface area contributed by atoms with E-state index in [0.29, 0.717) is 46.0 Å². The molecular formula is C27H25F3N4O3S. The summed E-state index contributed by atoms with van der Waals surface area (Å²) in [6, 6.07) is 19.1. The van der Waals surface area contributed by atoms with Crippen LogP contribution >= 0.6 is 11.8 Å². The van der Waals surface area contributed by atoms with Gasteiger partial charge in [-0.2, -0.15) is 13.2 Å². The molecule has 0 unspecified atom stereocenters. The van der Waals surface area contributed by atoms with Crippen LogP contribution in [0.15, 0.2) is 78.0 Å². The molecule has 38 heavy (non-hydrogen) atoms. The van der Waals surface area contributed by atoms with Crippen molar-refractivity contribution in [1.29, 1.82) is 0 Å². The first kappa shape index (κ1) is 27.1. The summed E-state index contributed by atoms with van der Waals surface area (Å²) in [6.07, 6.45) is -4.38. The summed E-state index contributed by atoms with van der Waals surface area (Å²) < 4.78 is 51.1. The fourth-order valence-corrected chi connectivity index (χ4v) is 4.49. The van der Waals surface area contributed by atoms with Crippen LogP contribution in [-0.4, -0.2) is 34.4 Å². The van der Waals surface area contributed by atoms with Crippen LogP contribution in [-0.2, 0) is 18.5 Å². The molecule has 7 nitrogen and oxygen atoms in total. The zero-order valence-electron chi connectivity index (χ0n) is 20.7. The van der Waals surface area contributed by atoms with Crippen LogP contribution in [0, 0.1) is 0 Å². The quantitative estimate of drug-likeness (QED) is 0.251. The Bertz CT molecular complexity index is 1360. The molecule has 0 bridgehead atoms. The number of hydrogen-bond donors (Lipinski definition) is 1. The van der Waals surface area contributed by atoms with Gasteiger partial charge in [0.25, 0.3) is 5.91 Å². The predicted molar refractivity (Wildman–Crippen MR) is 138 cm³/mol. The topological polar surface area (TPSA) is 78.3 Å². The van der Waals surface area contributed by atoms with Gasteiger partial charge in [0.2, 0.25) is 0 Å². The average Bonchev–Trinajstić information content (AvgIpc) is 3.33. The van der Waals surface area contributed by atoms with Crippen LogP contribution in [0.5, 0.6) is 11.5 Å². The number of hydrogen-bond acceptors (Lipinski definition) is 6. The van der Waals surface area contributed by atoms with Gasteiger partial charge in [-0.3, -0.25) is 9.36 Å². The van der Waals surface area contributed by atoms with Crippen LogP contribution < -0.4 is 14.8 Å². The smallest absolute Gasteiger partial charge is 0.416 e. The first-order valence-corrected chi connectivity index (χ1v) is 12.7. The van der Waals surface area contributed by atoms with Crippen LogP contribution in [0.1, 0.15) is 34.2 Å². The number of ether oxygens (including phenoxy) is 2. The van der Waals surface area contributed by atoms with E-state index in [1.54, 1.807) is 35.9 Å². The molecule has 1 heterocycles. The number of rotatable bonds is 10. The summed E-state index contributed by atoms with van der Waals surface area (Å²) in [7, 11) is 1.55. The van der Waals surface area contributed by atoms with Gasteiger partial charge in [-0.05, 0) is 73.2 Å². The molecule has 0 fully saturated rings. The first-order valence-electron chi connectivity index (χ1n) is 11.7. The fourth-order valence-electron chi connectivity index (χ4n) is 3.57. The molecule has 0 aliphatic carbocycles. The average molecular weight is 543 g/mol. The summed E-state index contributed by atoms with van der Waals surface area (Å²) in [5, 5.41) is 12.0. The molecule has 0 atom stereocenters. The molecule has 0 saturated heterocycles. The maximum Gasteiger partial charge on any atom is 0.416 e. The number of halogens is 3. The van der Waals surface area contributed by atoms with Crippen molar-refractivity contribution in [1.82, 2.24) is 20.1 Å². The lowest BCUT2D eigenvalue weighted by molar-refractivity contribution is -0.137. The number of benzene rings is 3. The highest BCUT2D eigenvalue weighted by Crippen LogP contribution is 2.31. The van der Waals surface area contributed by atoms with Gasteiger partial charge in [0, 0.05) is 17.0 Å². The number of alkyl halides is 3. The van der Waals surface area contributed by atoms with Crippen LogP contribution in [0.25, 0.3) is 5.69 Å². The third kappa shape index (κ3) is 6.65. The van der Waals surface area contributed by atoms with E-state index in [1.165, 1.54) is 23.9 Å². The van der Waals surface area contributed by atoms with Gasteiger partial charge in [-0.1, -0.05) is 23.9 Å². The molecule has 1 N–H and O–H groups in total. The number of aromatic nitrogens is 3. The second-order valence-corrected chi connectivity index (χ2v) is 9.00. The van der Waals surface area contributed by atoms with E-state index in [-0.39, 0.29) is 12.5 Å². The van der Waals surface area contributed by atoms with Crippen molar-refractivity contribution in [2.24, 2.45) is 0 Å². The Labute approximate surface area is 222 Å². The van der Waals surface area contributed by atoms with E-state index >= 15 is 0 Å². The van der Waals surface area contributed by atoms with Crippen molar-refractivity contribution >= 4 is 17.7 Å². The van der Waals surface area contributed by atoms with Gasteiger partial charge in [-0.25, -0.2) is 0 Å². The minimum Gasteiger partial charge on any atom is -0.497 e. The van der Waals surface area contributed by atoms with E-state index < -0.39 is 11.7 Å². The number of amides is 1. The second kappa shape index (κ2) is 12.0. The molecule has 3 aromatic carbocycles. The van der Waals surface area contributed by atoms with Crippen molar-refractivity contribution in [2.75, 3.05) is 13.7 Å². The molecule has 4 aromatic rings. The minimum atomic E-state index is -4.38. The number of carbonyl (C=O) groups is 1. The molecule has 11 heteroatoms. The molecule has 4 rings (SSSR count). The SMILES string of the molecule is CCOc1ccc(-n2c(CNC(=O)c3ccc(OC)cc3)nnc2SCc2ccc(C(F)(F)F)cc2)cc1. The standard InChI is InChI=1S/C27H25F3N4O3S/c1-3-37-23-14-10-21(11-15-23)34-24(16-31-25(35)19-6-12-22(36-2)13-7-19)32-33-26(34)38-17-18-4-8-20(9-5-18)27(28,29)30/h4-15H,3,16-17H2,1-2H3,(H,31,35). The molecule has 1 aromatic heterocycles. The third-order valence-corrected chi connectivity index (χ3v) is 6.51. The lowest BCUT2D eigenvalue weighted by Gasteiger charge is -2.12. The van der Waals surface area contributed by atoms with Crippen molar-refractivity contribution in [3.63, 3.8) is 0 Å². The second-order valence-electron chi connectivity index (χ2n) is 8.06. The number of methoxy groups -OCH3 is 1. The normalized spacial score (nSPS) is 11.3. The summed E-state index contributed by atoms with van der Waals surface area (Å²) in [6.45, 7) is 2.53. The zero-order chi connectivity index (χ0) is 27.1. The number of thioether (sulfide) groups is 1. The lowest BCUT2D eigenvalue weighted by Crippen LogP contribution is -2.24. The first-order chi connectivity index (χ1) is 18.3. The van der Waals surface area contributed by atoms with E-state index in [0.717, 1.165) is 17.8 Å². The Hall–Kier alpha value is -3.99. The molecule has 0 spiro atoms. The van der Waals surface area contributed by atoms with Gasteiger partial charge in [0.05, 0.1) is 25.8 Å². The molecule has 0 saturated carbocycles. The molecule has 1 amide bonds. The number of carbonyl (C=O) groups excluding carboxylic acids is 1. The lowest BCUT2D eigenvalue weighted by atomic mass is 10.1. The summed E-state index contributed by atoms with van der Waals surface area (Å²) in [4.78, 5) is 12.7. The van der Waals surface area contributed by atoms with Crippen molar-refractivity contribution in [2.45, 2.75) is 30.6 Å². The predicted octanol–water partition coefficient (Wildman–Crippen LogP) is 5.92. The highest BCUT2D eigenvalue weighted by Gasteiger charge is 2.30. The Kier molecular flexibility index (Phi) is 8.57. The monoisotopic (exact) mass is 542 g/mol. The highest BCUT2D eigenvalue weighted by atomic mass is 32.2. The number of nitrogens with one attached hydrogen (secondary N) is 1. The van der Waals surface area contributed by atoms with Crippen LogP contribution in [0.4, 0.5) is 13.2 Å². The van der Waals surface area contributed by atoms with Crippen molar-refractivity contribution in [3.05, 3.63) is 95.3 Å². The third-order valence-electron chi connectivity index (χ3n) is 5.51. The molecule has 198 valence electrons. The Morgan fingerprint density at radius 3 is 2.21 bits per heavy atom. The fraction of sp³-hybridized carbons (Fsp3) is 0.222. The van der Waals surface area contributed by atoms with Gasteiger partial charge in [-0.15, -0.1) is 10.2 Å².